The van der Waals surface area contributed by atoms with Crippen LogP contribution < -0.4 is 14.8 Å². The van der Waals surface area contributed by atoms with Gasteiger partial charge < -0.3 is 14.8 Å². The number of ether oxygens (including phenoxy) is 2. The largest absolute Gasteiger partial charge is 0.495 e. The van der Waals surface area contributed by atoms with Gasteiger partial charge in [0.2, 0.25) is 0 Å². The Morgan fingerprint density at radius 2 is 1.62 bits per heavy atom. The van der Waals surface area contributed by atoms with Crippen molar-refractivity contribution in [3.63, 3.8) is 0 Å². The van der Waals surface area contributed by atoms with E-state index < -0.39 is 0 Å². The number of anilines is 2. The van der Waals surface area contributed by atoms with Crippen LogP contribution in [0.5, 0.6) is 11.5 Å². The molecule has 1 heterocycles. The van der Waals surface area contributed by atoms with Gasteiger partial charge in [0.05, 0.1) is 24.9 Å². The summed E-state index contributed by atoms with van der Waals surface area (Å²) in [6.07, 6.45) is 0. The highest BCUT2D eigenvalue weighted by atomic mass is 35.5. The first kappa shape index (κ1) is 18.2. The zero-order valence-corrected chi connectivity index (χ0v) is 15.4. The minimum Gasteiger partial charge on any atom is -0.495 e. The van der Waals surface area contributed by atoms with Crippen LogP contribution in [0.15, 0.2) is 42.5 Å². The fourth-order valence-electron chi connectivity index (χ4n) is 2.31. The molecule has 1 aromatic heterocycles. The van der Waals surface area contributed by atoms with E-state index in [9.17, 15) is 4.39 Å². The zero-order valence-electron chi connectivity index (χ0n) is 13.9. The third-order valence-electron chi connectivity index (χ3n) is 3.53. The molecule has 26 heavy (non-hydrogen) atoms. The maximum absolute atomic E-state index is 13.1. The van der Waals surface area contributed by atoms with Crippen LogP contribution in [0.3, 0.4) is 0 Å². The number of nitrogens with zero attached hydrogens (tertiary/aromatic N) is 2. The Kier molecular flexibility index (Phi) is 5.44. The number of methoxy groups -OCH3 is 2. The molecule has 3 rings (SSSR count). The molecule has 0 radical (unpaired) electrons. The lowest BCUT2D eigenvalue weighted by Crippen LogP contribution is -2.00. The topological polar surface area (TPSA) is 56.3 Å². The Labute approximate surface area is 159 Å². The lowest BCUT2D eigenvalue weighted by Gasteiger charge is -2.14. The van der Waals surface area contributed by atoms with E-state index in [2.05, 4.69) is 15.3 Å². The van der Waals surface area contributed by atoms with Crippen LogP contribution in [0.25, 0.3) is 11.4 Å². The highest BCUT2D eigenvalue weighted by Gasteiger charge is 2.12. The van der Waals surface area contributed by atoms with Crippen molar-refractivity contribution in [2.45, 2.75) is 0 Å². The smallest absolute Gasteiger partial charge is 0.163 e. The Balaban J connectivity index is 1.99. The van der Waals surface area contributed by atoms with E-state index in [4.69, 9.17) is 32.7 Å². The highest BCUT2D eigenvalue weighted by Crippen LogP contribution is 2.37. The molecule has 3 aromatic rings. The summed E-state index contributed by atoms with van der Waals surface area (Å²) < 4.78 is 23.7. The van der Waals surface area contributed by atoms with E-state index in [-0.39, 0.29) is 11.0 Å². The molecule has 0 saturated heterocycles. The summed E-state index contributed by atoms with van der Waals surface area (Å²) in [7, 11) is 3.05. The van der Waals surface area contributed by atoms with E-state index in [1.54, 1.807) is 30.3 Å². The molecule has 5 nitrogen and oxygen atoms in total. The van der Waals surface area contributed by atoms with Crippen molar-refractivity contribution in [3.05, 3.63) is 58.5 Å². The van der Waals surface area contributed by atoms with Crippen molar-refractivity contribution in [2.75, 3.05) is 19.5 Å². The molecule has 0 spiro atoms. The number of aromatic nitrogens is 2. The van der Waals surface area contributed by atoms with Gasteiger partial charge in [-0.15, -0.1) is 0 Å². The quantitative estimate of drug-likeness (QED) is 0.592. The summed E-state index contributed by atoms with van der Waals surface area (Å²) >= 11 is 12.2. The van der Waals surface area contributed by atoms with E-state index >= 15 is 0 Å². The van der Waals surface area contributed by atoms with Gasteiger partial charge in [-0.25, -0.2) is 14.4 Å². The summed E-state index contributed by atoms with van der Waals surface area (Å²) in [4.78, 5) is 8.60. The van der Waals surface area contributed by atoms with E-state index in [1.807, 2.05) is 0 Å². The van der Waals surface area contributed by atoms with Crippen LogP contribution in [-0.2, 0) is 0 Å². The summed E-state index contributed by atoms with van der Waals surface area (Å²) in [5, 5.41) is 3.77. The minimum atomic E-state index is -0.341. The van der Waals surface area contributed by atoms with Gasteiger partial charge in [0.25, 0.3) is 0 Å². The Hall–Kier alpha value is -2.57. The molecule has 0 fully saturated rings. The second-order valence-electron chi connectivity index (χ2n) is 5.22. The Bertz CT molecular complexity index is 936. The van der Waals surface area contributed by atoms with Gasteiger partial charge in [-0.3, -0.25) is 0 Å². The molecule has 0 aliphatic rings. The average molecular weight is 394 g/mol. The number of hydrogen-bond acceptors (Lipinski definition) is 5. The molecule has 1 N–H and O–H groups in total. The van der Waals surface area contributed by atoms with E-state index in [0.717, 1.165) is 0 Å². The molecule has 134 valence electrons. The standard InChI is InChI=1S/C18H14Cl2FN3O2/c1-25-14-8-13(15(26-2)7-12(14)19)22-17-9-16(20)23-18(24-17)10-3-5-11(21)6-4-10/h3-9H,1-2H3,(H,22,23,24). The third kappa shape index (κ3) is 3.98. The van der Waals surface area contributed by atoms with Crippen LogP contribution in [0, 0.1) is 5.82 Å². The molecular weight excluding hydrogens is 380 g/mol. The molecule has 0 aliphatic heterocycles. The number of rotatable bonds is 5. The second-order valence-corrected chi connectivity index (χ2v) is 6.01. The van der Waals surface area contributed by atoms with Gasteiger partial charge in [0, 0.05) is 23.8 Å². The molecular formula is C18H14Cl2FN3O2. The van der Waals surface area contributed by atoms with Crippen LogP contribution in [0.2, 0.25) is 10.2 Å². The zero-order chi connectivity index (χ0) is 18.7. The third-order valence-corrected chi connectivity index (χ3v) is 4.02. The first-order chi connectivity index (χ1) is 12.5. The SMILES string of the molecule is COc1cc(Nc2cc(Cl)nc(-c3ccc(F)cc3)n2)c(OC)cc1Cl. The minimum absolute atomic E-state index is 0.238. The van der Waals surface area contributed by atoms with Gasteiger partial charge in [-0.05, 0) is 24.3 Å². The number of hydrogen-bond donors (Lipinski definition) is 1. The predicted octanol–water partition coefficient (Wildman–Crippen LogP) is 5.35. The van der Waals surface area contributed by atoms with Crippen LogP contribution in [0.4, 0.5) is 15.9 Å². The summed E-state index contributed by atoms with van der Waals surface area (Å²) in [5.41, 5.74) is 1.23. The van der Waals surface area contributed by atoms with Crippen molar-refractivity contribution in [3.8, 4) is 22.9 Å². The molecule has 0 aliphatic carbocycles. The summed E-state index contributed by atoms with van der Waals surface area (Å²) in [6.45, 7) is 0. The van der Waals surface area contributed by atoms with Crippen LogP contribution >= 0.6 is 23.2 Å². The molecule has 0 saturated carbocycles. The average Bonchev–Trinajstić information content (AvgIpc) is 2.63. The van der Waals surface area contributed by atoms with Crippen molar-refractivity contribution >= 4 is 34.7 Å². The summed E-state index contributed by atoms with van der Waals surface area (Å²) in [5.74, 6) is 1.45. The molecule has 0 unspecified atom stereocenters. The fraction of sp³-hybridized carbons (Fsp3) is 0.111. The fourth-order valence-corrected chi connectivity index (χ4v) is 2.72. The Morgan fingerprint density at radius 3 is 2.27 bits per heavy atom. The monoisotopic (exact) mass is 393 g/mol. The van der Waals surface area contributed by atoms with Crippen molar-refractivity contribution in [1.29, 1.82) is 0 Å². The van der Waals surface area contributed by atoms with Crippen molar-refractivity contribution in [2.24, 2.45) is 0 Å². The van der Waals surface area contributed by atoms with Gasteiger partial charge >= 0.3 is 0 Å². The predicted molar refractivity (Wildman–Crippen MR) is 100 cm³/mol. The number of benzene rings is 2. The lowest BCUT2D eigenvalue weighted by atomic mass is 10.2. The first-order valence-corrected chi connectivity index (χ1v) is 8.25. The highest BCUT2D eigenvalue weighted by molar-refractivity contribution is 6.32. The van der Waals surface area contributed by atoms with E-state index in [1.165, 1.54) is 26.4 Å². The molecule has 0 amide bonds. The van der Waals surface area contributed by atoms with Crippen molar-refractivity contribution < 1.29 is 13.9 Å². The second kappa shape index (κ2) is 7.76. The van der Waals surface area contributed by atoms with Crippen molar-refractivity contribution in [1.82, 2.24) is 9.97 Å². The van der Waals surface area contributed by atoms with Gasteiger partial charge in [-0.2, -0.15) is 0 Å². The maximum Gasteiger partial charge on any atom is 0.163 e. The lowest BCUT2D eigenvalue weighted by molar-refractivity contribution is 0.405. The number of halogens is 3. The van der Waals surface area contributed by atoms with Crippen LogP contribution in [0.1, 0.15) is 0 Å². The van der Waals surface area contributed by atoms with Crippen LogP contribution in [-0.4, -0.2) is 24.2 Å². The molecule has 0 atom stereocenters. The molecule has 2 aromatic carbocycles. The summed E-state index contributed by atoms with van der Waals surface area (Å²) in [6, 6.07) is 10.7. The normalized spacial score (nSPS) is 10.5. The van der Waals surface area contributed by atoms with Gasteiger partial charge in [0.15, 0.2) is 5.82 Å². The first-order valence-electron chi connectivity index (χ1n) is 7.49. The molecule has 8 heteroatoms. The Morgan fingerprint density at radius 1 is 0.923 bits per heavy atom. The number of nitrogens with one attached hydrogen (secondary N) is 1. The van der Waals surface area contributed by atoms with Gasteiger partial charge in [-0.1, -0.05) is 23.2 Å². The van der Waals surface area contributed by atoms with Gasteiger partial charge in [0.1, 0.15) is 28.3 Å². The maximum atomic E-state index is 13.1. The van der Waals surface area contributed by atoms with E-state index in [0.29, 0.717) is 39.4 Å². The molecule has 0 bridgehead atoms.